The Morgan fingerprint density at radius 2 is 1.07 bits per heavy atom. The summed E-state index contributed by atoms with van der Waals surface area (Å²) in [4.78, 5) is 0. The summed E-state index contributed by atoms with van der Waals surface area (Å²) in [6.45, 7) is 12.1. The van der Waals surface area contributed by atoms with Gasteiger partial charge < -0.3 is 31.2 Å². The van der Waals surface area contributed by atoms with Crippen LogP contribution >= 0.6 is 7.26 Å². The monoisotopic (exact) mass is 786 g/mol. The lowest BCUT2D eigenvalue weighted by molar-refractivity contribution is 0.0286. The van der Waals surface area contributed by atoms with Crippen molar-refractivity contribution < 1.29 is 31.2 Å². The SMILES string of the molecule is C=C1C[C@H](CCC(OC)[P+](c2ccccc2)(c2ccccc2)c2ccccc2)O[C@H]1CCO[Si](c1ccccc1)(c1ccccc1)C(C)(C)C.F[B-](F)(F)F. The third-order valence-electron chi connectivity index (χ3n) is 10.3. The molecule has 1 heterocycles. The van der Waals surface area contributed by atoms with Crippen LogP contribution in [0.15, 0.2) is 164 Å². The molecule has 0 aliphatic carbocycles. The van der Waals surface area contributed by atoms with Gasteiger partial charge in [-0.15, -0.1) is 0 Å². The molecule has 1 aliphatic rings. The summed E-state index contributed by atoms with van der Waals surface area (Å²) in [5.74, 6) is -0.0101. The molecule has 0 N–H and O–H groups in total. The second-order valence-electron chi connectivity index (χ2n) is 14.9. The Bertz CT molecular complexity index is 1750. The summed E-state index contributed by atoms with van der Waals surface area (Å²) in [6.07, 6.45) is 3.53. The highest BCUT2D eigenvalue weighted by molar-refractivity contribution is 7.96. The van der Waals surface area contributed by atoms with E-state index >= 15 is 0 Å². The average molecular weight is 787 g/mol. The predicted octanol–water partition coefficient (Wildman–Crippen LogP) is 9.71. The van der Waals surface area contributed by atoms with Gasteiger partial charge >= 0.3 is 7.25 Å². The quantitative estimate of drug-likeness (QED) is 0.0486. The van der Waals surface area contributed by atoms with Crippen LogP contribution in [-0.4, -0.2) is 47.3 Å². The zero-order chi connectivity index (χ0) is 39.5. The van der Waals surface area contributed by atoms with E-state index in [1.54, 1.807) is 0 Å². The van der Waals surface area contributed by atoms with Crippen molar-refractivity contribution in [3.05, 3.63) is 164 Å². The van der Waals surface area contributed by atoms with Crippen LogP contribution < -0.4 is 26.3 Å². The first-order valence-electron chi connectivity index (χ1n) is 18.8. The molecule has 10 heteroatoms. The van der Waals surface area contributed by atoms with Gasteiger partial charge in [-0.3, -0.25) is 0 Å². The van der Waals surface area contributed by atoms with Crippen molar-refractivity contribution in [2.24, 2.45) is 0 Å². The number of methoxy groups -OCH3 is 1. The Morgan fingerprint density at radius 1 is 0.691 bits per heavy atom. The highest BCUT2D eigenvalue weighted by Gasteiger charge is 2.53. The van der Waals surface area contributed by atoms with Crippen LogP contribution in [0.1, 0.15) is 46.5 Å². The number of benzene rings is 5. The number of rotatable bonds is 14. The Balaban J connectivity index is 0.00000109. The molecule has 3 nitrogen and oxygen atoms in total. The van der Waals surface area contributed by atoms with Crippen molar-refractivity contribution in [2.75, 3.05) is 13.7 Å². The molecule has 0 spiro atoms. The molecule has 0 bridgehead atoms. The van der Waals surface area contributed by atoms with Crippen molar-refractivity contribution >= 4 is 49.1 Å². The first-order valence-corrected chi connectivity index (χ1v) is 22.6. The minimum absolute atomic E-state index is 0.0101. The van der Waals surface area contributed by atoms with E-state index in [0.29, 0.717) is 6.61 Å². The van der Waals surface area contributed by atoms with Crippen LogP contribution in [0.3, 0.4) is 0 Å². The lowest BCUT2D eigenvalue weighted by Crippen LogP contribution is -2.66. The van der Waals surface area contributed by atoms with Gasteiger partial charge in [-0.25, -0.2) is 0 Å². The number of ether oxygens (including phenoxy) is 2. The van der Waals surface area contributed by atoms with Crippen LogP contribution in [0, 0.1) is 0 Å². The average Bonchev–Trinajstić information content (AvgIpc) is 3.54. The third kappa shape index (κ3) is 10.1. The molecule has 6 rings (SSSR count). The van der Waals surface area contributed by atoms with E-state index in [-0.39, 0.29) is 23.1 Å². The summed E-state index contributed by atoms with van der Waals surface area (Å²) in [7, 11) is -8.91. The molecule has 5 aromatic carbocycles. The Morgan fingerprint density at radius 3 is 1.44 bits per heavy atom. The summed E-state index contributed by atoms with van der Waals surface area (Å²) < 4.78 is 59.6. The first-order chi connectivity index (χ1) is 26.3. The molecular formula is C45H52BF4O3PSi. The maximum Gasteiger partial charge on any atom is 0.673 e. The van der Waals surface area contributed by atoms with Crippen molar-refractivity contribution in [1.29, 1.82) is 0 Å². The fourth-order valence-electron chi connectivity index (χ4n) is 8.06. The Labute approximate surface area is 326 Å². The van der Waals surface area contributed by atoms with Crippen LogP contribution in [0.5, 0.6) is 0 Å². The minimum atomic E-state index is -6.00. The number of hydrogen-bond donors (Lipinski definition) is 0. The van der Waals surface area contributed by atoms with E-state index < -0.39 is 22.8 Å². The highest BCUT2D eigenvalue weighted by atomic mass is 31.2. The fourth-order valence-corrected chi connectivity index (χ4v) is 17.3. The van der Waals surface area contributed by atoms with Crippen molar-refractivity contribution in [3.63, 3.8) is 0 Å². The van der Waals surface area contributed by atoms with Gasteiger partial charge in [0, 0.05) is 20.1 Å². The van der Waals surface area contributed by atoms with Crippen molar-refractivity contribution in [1.82, 2.24) is 0 Å². The van der Waals surface area contributed by atoms with Gasteiger partial charge in [0.15, 0.2) is 5.85 Å². The molecule has 1 aliphatic heterocycles. The van der Waals surface area contributed by atoms with Gasteiger partial charge in [0.2, 0.25) is 0 Å². The lowest BCUT2D eigenvalue weighted by atomic mass is 10.0. The molecule has 0 aromatic heterocycles. The number of hydrogen-bond acceptors (Lipinski definition) is 3. The molecular weight excluding hydrogens is 734 g/mol. The summed E-state index contributed by atoms with van der Waals surface area (Å²) >= 11 is 0. The standard InChI is InChI=1S/C45H52O3PSi.BF4/c1-36-35-37(48-43(36)33-34-47-50(45(2,3)4,41-27-17-9-18-28-41)42-29-19-10-20-30-42)31-32-44(46-5)49(38-21-11-6-12-22-38,39-23-13-7-14-24-39)40-25-15-8-16-26-40;2-1(3,4)5/h6-30,37,43-44H,1,31-35H2,2-5H3;/q+1;-1/t37-,43-,44?;/m0./s1. The lowest BCUT2D eigenvalue weighted by Gasteiger charge is -2.43. The van der Waals surface area contributed by atoms with Gasteiger partial charge in [-0.05, 0) is 76.6 Å². The molecule has 1 saturated heterocycles. The second-order valence-corrected chi connectivity index (χ2v) is 22.8. The van der Waals surface area contributed by atoms with Gasteiger partial charge in [-0.1, -0.05) is 143 Å². The molecule has 5 aromatic rings. The van der Waals surface area contributed by atoms with E-state index in [2.05, 4.69) is 179 Å². The fraction of sp³-hybridized carbons (Fsp3) is 0.289. The molecule has 1 fully saturated rings. The van der Waals surface area contributed by atoms with Crippen LogP contribution in [0.4, 0.5) is 17.3 Å². The second kappa shape index (κ2) is 18.9. The molecule has 0 saturated carbocycles. The molecule has 0 amide bonds. The summed E-state index contributed by atoms with van der Waals surface area (Å²) in [5.41, 5.74) is 1.17. The molecule has 3 atom stereocenters. The Kier molecular flexibility index (Phi) is 14.5. The van der Waals surface area contributed by atoms with E-state index in [4.69, 9.17) is 13.9 Å². The maximum absolute atomic E-state index is 9.75. The highest BCUT2D eigenvalue weighted by Crippen LogP contribution is 2.61. The van der Waals surface area contributed by atoms with E-state index in [1.165, 1.54) is 31.9 Å². The first kappa shape index (κ1) is 42.3. The van der Waals surface area contributed by atoms with Crippen LogP contribution in [-0.2, 0) is 13.9 Å². The molecule has 0 radical (unpaired) electrons. The number of halogens is 4. The van der Waals surface area contributed by atoms with Crippen molar-refractivity contribution in [2.45, 2.75) is 69.5 Å². The van der Waals surface area contributed by atoms with E-state index in [9.17, 15) is 17.3 Å². The molecule has 290 valence electrons. The van der Waals surface area contributed by atoms with Gasteiger partial charge in [0.1, 0.15) is 23.2 Å². The predicted molar refractivity (Wildman–Crippen MR) is 226 cm³/mol. The Hall–Kier alpha value is -3.85. The molecule has 55 heavy (non-hydrogen) atoms. The van der Waals surface area contributed by atoms with E-state index in [0.717, 1.165) is 25.7 Å². The van der Waals surface area contributed by atoms with Gasteiger partial charge in [-0.2, -0.15) is 0 Å². The van der Waals surface area contributed by atoms with E-state index in [1.807, 2.05) is 7.11 Å². The van der Waals surface area contributed by atoms with Gasteiger partial charge in [0.05, 0.1) is 12.2 Å². The maximum atomic E-state index is 9.75. The largest absolute Gasteiger partial charge is 0.673 e. The summed E-state index contributed by atoms with van der Waals surface area (Å²) in [5, 5.41) is 6.54. The minimum Gasteiger partial charge on any atom is -0.418 e. The van der Waals surface area contributed by atoms with Gasteiger partial charge in [0.25, 0.3) is 8.32 Å². The zero-order valence-corrected chi connectivity index (χ0v) is 34.1. The smallest absolute Gasteiger partial charge is 0.418 e. The van der Waals surface area contributed by atoms with Crippen LogP contribution in [0.2, 0.25) is 5.04 Å². The van der Waals surface area contributed by atoms with Crippen LogP contribution in [0.25, 0.3) is 0 Å². The third-order valence-corrected chi connectivity index (χ3v) is 20.1. The molecule has 1 unspecified atom stereocenters. The zero-order valence-electron chi connectivity index (χ0n) is 32.2. The normalized spacial score (nSPS) is 17.0. The summed E-state index contributed by atoms with van der Waals surface area (Å²) in [6, 6.07) is 54.7. The topological polar surface area (TPSA) is 27.7 Å². The van der Waals surface area contributed by atoms with Crippen molar-refractivity contribution in [3.8, 4) is 0 Å².